The molecular formula is C27H21N5OS2. The molecule has 0 amide bonds. The number of rotatable bonds is 7. The number of fused-ring (bicyclic) bond motifs is 3. The molecule has 0 atom stereocenters. The normalized spacial score (nSPS) is 11.4. The lowest BCUT2D eigenvalue weighted by atomic mass is 10.2. The van der Waals surface area contributed by atoms with E-state index in [4.69, 9.17) is 4.98 Å². The summed E-state index contributed by atoms with van der Waals surface area (Å²) in [6, 6.07) is 28.0. The summed E-state index contributed by atoms with van der Waals surface area (Å²) >= 11 is 3.26. The first kappa shape index (κ1) is 21.8. The van der Waals surface area contributed by atoms with Crippen LogP contribution in [0.5, 0.6) is 0 Å². The number of aromatic nitrogens is 5. The summed E-state index contributed by atoms with van der Waals surface area (Å²) in [5.41, 5.74) is 4.06. The number of hydrogen-bond donors (Lipinski definition) is 0. The van der Waals surface area contributed by atoms with Crippen molar-refractivity contribution in [3.05, 3.63) is 122 Å². The van der Waals surface area contributed by atoms with Crippen LogP contribution in [0.15, 0.2) is 100 Å². The van der Waals surface area contributed by atoms with Crippen LogP contribution in [0.4, 0.5) is 0 Å². The van der Waals surface area contributed by atoms with Crippen LogP contribution >= 0.6 is 23.1 Å². The van der Waals surface area contributed by atoms with E-state index in [1.54, 1.807) is 27.7 Å². The summed E-state index contributed by atoms with van der Waals surface area (Å²) in [7, 11) is 0. The van der Waals surface area contributed by atoms with Crippen molar-refractivity contribution in [1.29, 1.82) is 0 Å². The Morgan fingerprint density at radius 3 is 2.34 bits per heavy atom. The van der Waals surface area contributed by atoms with Crippen LogP contribution in [0.1, 0.15) is 21.8 Å². The number of thiazole rings is 1. The first-order chi connectivity index (χ1) is 17.3. The van der Waals surface area contributed by atoms with Gasteiger partial charge in [-0.25, -0.2) is 4.98 Å². The van der Waals surface area contributed by atoms with E-state index >= 15 is 0 Å². The highest BCUT2D eigenvalue weighted by atomic mass is 32.2. The fraction of sp³-hybridized carbons (Fsp3) is 0.111. The second-order valence-electron chi connectivity index (χ2n) is 8.20. The van der Waals surface area contributed by atoms with Crippen molar-refractivity contribution < 1.29 is 0 Å². The van der Waals surface area contributed by atoms with E-state index in [-0.39, 0.29) is 5.56 Å². The predicted octanol–water partition coefficient (Wildman–Crippen LogP) is 5.43. The Morgan fingerprint density at radius 2 is 1.54 bits per heavy atom. The zero-order chi connectivity index (χ0) is 23.6. The van der Waals surface area contributed by atoms with Gasteiger partial charge in [0.1, 0.15) is 0 Å². The van der Waals surface area contributed by atoms with Gasteiger partial charge in [-0.05, 0) is 23.3 Å². The molecule has 0 aliphatic heterocycles. The highest BCUT2D eigenvalue weighted by molar-refractivity contribution is 7.98. The highest BCUT2D eigenvalue weighted by Crippen LogP contribution is 2.26. The molecule has 6 aromatic rings. The summed E-state index contributed by atoms with van der Waals surface area (Å²) in [6.45, 7) is 0.436. The lowest BCUT2D eigenvalue weighted by Gasteiger charge is -2.11. The largest absolute Gasteiger partial charge is 0.272 e. The Bertz CT molecular complexity index is 1670. The Hall–Kier alpha value is -3.75. The van der Waals surface area contributed by atoms with Crippen LogP contribution < -0.4 is 5.56 Å². The van der Waals surface area contributed by atoms with Gasteiger partial charge in [-0.2, -0.15) is 0 Å². The minimum atomic E-state index is -0.0639. The maximum atomic E-state index is 13.4. The summed E-state index contributed by atoms with van der Waals surface area (Å²) in [5, 5.41) is 13.5. The van der Waals surface area contributed by atoms with Crippen molar-refractivity contribution in [3.63, 3.8) is 0 Å². The average Bonchev–Trinajstić information content (AvgIpc) is 3.53. The molecule has 0 saturated carbocycles. The van der Waals surface area contributed by atoms with Crippen LogP contribution in [0.2, 0.25) is 0 Å². The van der Waals surface area contributed by atoms with Gasteiger partial charge in [0.05, 0.1) is 28.1 Å². The van der Waals surface area contributed by atoms with Crippen molar-refractivity contribution >= 4 is 39.8 Å². The highest BCUT2D eigenvalue weighted by Gasteiger charge is 2.17. The smallest absolute Gasteiger partial charge is 0.263 e. The molecule has 3 aromatic carbocycles. The van der Waals surface area contributed by atoms with Crippen LogP contribution in [0, 0.1) is 0 Å². The summed E-state index contributed by atoms with van der Waals surface area (Å²) in [6.07, 6.45) is 0.834. The van der Waals surface area contributed by atoms with Gasteiger partial charge in [0.2, 0.25) is 5.78 Å². The van der Waals surface area contributed by atoms with Crippen molar-refractivity contribution in [3.8, 4) is 0 Å². The van der Waals surface area contributed by atoms with Crippen molar-refractivity contribution in [2.24, 2.45) is 0 Å². The van der Waals surface area contributed by atoms with E-state index in [9.17, 15) is 4.79 Å². The average molecular weight is 496 g/mol. The number of hydrogen-bond acceptors (Lipinski definition) is 6. The third-order valence-electron chi connectivity index (χ3n) is 5.81. The minimum absolute atomic E-state index is 0.0639. The molecule has 0 N–H and O–H groups in total. The lowest BCUT2D eigenvalue weighted by molar-refractivity contribution is 0.764. The third kappa shape index (κ3) is 4.38. The molecule has 3 aromatic heterocycles. The van der Waals surface area contributed by atoms with Crippen LogP contribution in [0.3, 0.4) is 0 Å². The quantitative estimate of drug-likeness (QED) is 0.276. The van der Waals surface area contributed by atoms with Crippen LogP contribution in [0.25, 0.3) is 16.7 Å². The van der Waals surface area contributed by atoms with E-state index in [2.05, 4.69) is 39.8 Å². The Kier molecular flexibility index (Phi) is 5.89. The Morgan fingerprint density at radius 1 is 0.829 bits per heavy atom. The van der Waals surface area contributed by atoms with Crippen LogP contribution in [-0.4, -0.2) is 24.1 Å². The molecule has 35 heavy (non-hydrogen) atoms. The first-order valence-corrected chi connectivity index (χ1v) is 13.1. The summed E-state index contributed by atoms with van der Waals surface area (Å²) in [5.74, 6) is 1.22. The standard InChI is InChI=1S/C27H21N5OS2/c33-25-22-13-7-8-14-23(22)32-26(31(25)16-20-11-5-2-6-12-20)29-30-27(32)35-18-21-17-34-24(28-21)15-19-9-3-1-4-10-19/h1-14,17H,15-16,18H2. The van der Waals surface area contributed by atoms with Gasteiger partial charge in [0, 0.05) is 17.6 Å². The molecule has 0 radical (unpaired) electrons. The molecule has 3 heterocycles. The van der Waals surface area contributed by atoms with E-state index in [1.807, 2.05) is 65.1 Å². The molecule has 6 rings (SSSR count). The van der Waals surface area contributed by atoms with Gasteiger partial charge < -0.3 is 0 Å². The third-order valence-corrected chi connectivity index (χ3v) is 7.67. The van der Waals surface area contributed by atoms with Crippen molar-refractivity contribution in [1.82, 2.24) is 24.1 Å². The zero-order valence-electron chi connectivity index (χ0n) is 18.7. The number of benzene rings is 3. The first-order valence-electron chi connectivity index (χ1n) is 11.3. The second kappa shape index (κ2) is 9.48. The minimum Gasteiger partial charge on any atom is -0.272 e. The molecule has 0 aliphatic rings. The molecule has 0 unspecified atom stereocenters. The van der Waals surface area contributed by atoms with E-state index in [1.165, 1.54) is 5.56 Å². The molecule has 172 valence electrons. The maximum Gasteiger partial charge on any atom is 0.263 e. The summed E-state index contributed by atoms with van der Waals surface area (Å²) in [4.78, 5) is 18.2. The SMILES string of the molecule is O=c1c2ccccc2n2c(SCc3csc(Cc4ccccc4)n3)nnc2n1Cc1ccccc1. The fourth-order valence-corrected chi connectivity index (χ4v) is 5.91. The van der Waals surface area contributed by atoms with Gasteiger partial charge in [-0.15, -0.1) is 21.5 Å². The zero-order valence-corrected chi connectivity index (χ0v) is 20.4. The fourth-order valence-electron chi connectivity index (χ4n) is 4.14. The molecule has 0 aliphatic carbocycles. The van der Waals surface area contributed by atoms with Crippen molar-refractivity contribution in [2.45, 2.75) is 23.9 Å². The predicted molar refractivity (Wildman–Crippen MR) is 141 cm³/mol. The molecule has 0 bridgehead atoms. The number of thioether (sulfide) groups is 1. The molecule has 0 fully saturated rings. The number of nitrogens with zero attached hydrogens (tertiary/aromatic N) is 5. The topological polar surface area (TPSA) is 65.1 Å². The monoisotopic (exact) mass is 495 g/mol. The lowest BCUT2D eigenvalue weighted by Crippen LogP contribution is -2.24. The molecule has 6 nitrogen and oxygen atoms in total. The Labute approximate surface area is 209 Å². The van der Waals surface area contributed by atoms with E-state index in [0.717, 1.165) is 33.4 Å². The number of para-hydroxylation sites is 1. The van der Waals surface area contributed by atoms with Gasteiger partial charge in [-0.1, -0.05) is 84.6 Å². The van der Waals surface area contributed by atoms with E-state index < -0.39 is 0 Å². The molecule has 0 saturated heterocycles. The maximum absolute atomic E-state index is 13.4. The molecular weight excluding hydrogens is 474 g/mol. The van der Waals surface area contributed by atoms with Gasteiger partial charge in [0.25, 0.3) is 5.56 Å². The van der Waals surface area contributed by atoms with E-state index in [0.29, 0.717) is 23.5 Å². The Balaban J connectivity index is 1.33. The molecule has 8 heteroatoms. The van der Waals surface area contributed by atoms with Gasteiger partial charge >= 0.3 is 0 Å². The van der Waals surface area contributed by atoms with Gasteiger partial charge in [0.15, 0.2) is 5.16 Å². The van der Waals surface area contributed by atoms with Crippen LogP contribution in [-0.2, 0) is 18.7 Å². The molecule has 0 spiro atoms. The van der Waals surface area contributed by atoms with Gasteiger partial charge in [-0.3, -0.25) is 13.8 Å². The summed E-state index contributed by atoms with van der Waals surface area (Å²) < 4.78 is 3.69. The second-order valence-corrected chi connectivity index (χ2v) is 10.1. The van der Waals surface area contributed by atoms with Crippen molar-refractivity contribution in [2.75, 3.05) is 0 Å².